The second-order valence-corrected chi connectivity index (χ2v) is 10.3. The Hall–Kier alpha value is -2.55. The molecule has 29 heavy (non-hydrogen) atoms. The summed E-state index contributed by atoms with van der Waals surface area (Å²) in [5.41, 5.74) is 6.49. The molecule has 0 aromatic heterocycles. The van der Waals surface area contributed by atoms with Gasteiger partial charge in [0.15, 0.2) is 0 Å². The van der Waals surface area contributed by atoms with Crippen molar-refractivity contribution in [1.29, 1.82) is 0 Å². The summed E-state index contributed by atoms with van der Waals surface area (Å²) >= 11 is 0.283. The van der Waals surface area contributed by atoms with E-state index in [4.69, 9.17) is 0 Å². The Balaban J connectivity index is 2.12. The van der Waals surface area contributed by atoms with E-state index in [1.54, 1.807) is 0 Å². The molecule has 1 aliphatic heterocycles. The van der Waals surface area contributed by atoms with Gasteiger partial charge in [-0.1, -0.05) is 0 Å². The maximum atomic E-state index is 2.37. The summed E-state index contributed by atoms with van der Waals surface area (Å²) < 4.78 is 5.10. The van der Waals surface area contributed by atoms with Crippen molar-refractivity contribution < 1.29 is 0 Å². The van der Waals surface area contributed by atoms with Gasteiger partial charge in [-0.05, 0) is 0 Å². The fraction of sp³-hybridized carbons (Fsp3) is 0.240. The molecule has 1 aliphatic carbocycles. The monoisotopic (exact) mass is 450 g/mol. The van der Waals surface area contributed by atoms with Gasteiger partial charge in [0.2, 0.25) is 0 Å². The van der Waals surface area contributed by atoms with E-state index in [1.165, 1.54) is 47.5 Å². The zero-order chi connectivity index (χ0) is 20.7. The Bertz CT molecular complexity index is 1230. The van der Waals surface area contributed by atoms with E-state index in [0.29, 0.717) is 0 Å². The van der Waals surface area contributed by atoms with Gasteiger partial charge in [0.05, 0.1) is 0 Å². The number of rotatable bonds is 3. The fourth-order valence-corrected chi connectivity index (χ4v) is 6.10. The van der Waals surface area contributed by atoms with Crippen LogP contribution in [0.1, 0.15) is 0 Å². The molecule has 0 atom stereocenters. The van der Waals surface area contributed by atoms with Crippen LogP contribution in [0.15, 0.2) is 60.7 Å². The second-order valence-electron chi connectivity index (χ2n) is 8.07. The molecule has 1 heterocycles. The zero-order valence-electron chi connectivity index (χ0n) is 18.0. The molecule has 2 aromatic rings. The van der Waals surface area contributed by atoms with Gasteiger partial charge in [-0.3, -0.25) is 0 Å². The average Bonchev–Trinajstić information content (AvgIpc) is 2.71. The molecule has 2 aromatic carbocycles. The molecule has 0 unspecified atom stereocenters. The van der Waals surface area contributed by atoms with Crippen molar-refractivity contribution >= 4 is 35.5 Å². The average molecular weight is 449 g/mol. The van der Waals surface area contributed by atoms with E-state index < -0.39 is 0 Å². The van der Waals surface area contributed by atoms with Crippen molar-refractivity contribution in [1.82, 2.24) is 4.58 Å². The summed E-state index contributed by atoms with van der Waals surface area (Å²) in [6.45, 7) is 0. The first kappa shape index (κ1) is 19.8. The predicted molar refractivity (Wildman–Crippen MR) is 129 cm³/mol. The summed E-state index contributed by atoms with van der Waals surface area (Å²) in [5, 5.41) is 2.64. The minimum absolute atomic E-state index is 0.283. The Morgan fingerprint density at radius 1 is 0.759 bits per heavy atom. The number of nitrogens with zero attached hydrogens (tertiary/aromatic N) is 3. The van der Waals surface area contributed by atoms with Gasteiger partial charge in [-0.25, -0.2) is 0 Å². The molecule has 4 heteroatoms. The van der Waals surface area contributed by atoms with Crippen LogP contribution in [0.4, 0.5) is 11.4 Å². The quantitative estimate of drug-likeness (QED) is 0.267. The van der Waals surface area contributed by atoms with Crippen molar-refractivity contribution in [2.45, 2.75) is 0 Å². The fourth-order valence-electron chi connectivity index (χ4n) is 3.67. The maximum absolute atomic E-state index is 2.37. The number of fused-ring (bicyclic) bond motifs is 2. The third-order valence-electron chi connectivity index (χ3n) is 5.37. The summed E-state index contributed by atoms with van der Waals surface area (Å²) in [5.74, 6) is 0. The van der Waals surface area contributed by atoms with Crippen LogP contribution in [0.25, 0.3) is 30.8 Å². The van der Waals surface area contributed by atoms with Crippen molar-refractivity contribution in [2.75, 3.05) is 52.1 Å². The van der Waals surface area contributed by atoms with E-state index >= 15 is 0 Å². The Morgan fingerprint density at radius 2 is 1.48 bits per heavy atom. The Kier molecular flexibility index (Phi) is 5.24. The van der Waals surface area contributed by atoms with E-state index in [1.807, 2.05) is 0 Å². The normalized spacial score (nSPS) is 11.1. The molecule has 4 rings (SSSR count). The molecule has 0 saturated carbocycles. The van der Waals surface area contributed by atoms with Crippen LogP contribution in [0.2, 0.25) is 0 Å². The first-order valence-corrected chi connectivity index (χ1v) is 11.5. The summed E-state index contributed by atoms with van der Waals surface area (Å²) in [6, 6.07) is 22.7. The van der Waals surface area contributed by atoms with Crippen molar-refractivity contribution in [3.63, 3.8) is 0 Å². The number of benzene rings is 3. The third-order valence-corrected chi connectivity index (χ3v) is 7.71. The zero-order valence-corrected chi connectivity index (χ0v) is 19.7. The van der Waals surface area contributed by atoms with Crippen molar-refractivity contribution in [3.05, 3.63) is 66.0 Å². The van der Waals surface area contributed by atoms with Crippen LogP contribution in [0.5, 0.6) is 0 Å². The van der Waals surface area contributed by atoms with Crippen LogP contribution in [-0.2, 0) is 0 Å². The molecule has 0 fully saturated rings. The van der Waals surface area contributed by atoms with Crippen LogP contribution in [0, 0.1) is 0 Å². The SMILES string of the molecule is CN(C)c1cccc(-c2c3ccc(=[N+](C)C)cc-3[se]c3cc(N(C)C)ccc23)c1. The second kappa shape index (κ2) is 7.70. The first-order chi connectivity index (χ1) is 13.8. The Labute approximate surface area is 179 Å². The predicted octanol–water partition coefficient (Wildman–Crippen LogP) is 3.83. The number of hydrogen-bond acceptors (Lipinski definition) is 2. The first-order valence-electron chi connectivity index (χ1n) is 9.81. The van der Waals surface area contributed by atoms with Crippen LogP contribution in [-0.4, -0.2) is 56.8 Å². The van der Waals surface area contributed by atoms with Gasteiger partial charge in [-0.15, -0.1) is 0 Å². The standard InChI is InChI=1S/C25H28N3Se/c1-26(2)18-9-7-8-17(14-18)25-21-12-10-19(27(3)4)15-23(21)29-24-16-20(28(5)6)11-13-22(24)25/h7-16H,1-6H3/q+1. The molecule has 0 spiro atoms. The molecule has 0 saturated heterocycles. The van der Waals surface area contributed by atoms with Crippen molar-refractivity contribution in [2.24, 2.45) is 0 Å². The van der Waals surface area contributed by atoms with Gasteiger partial charge < -0.3 is 0 Å². The topological polar surface area (TPSA) is 9.49 Å². The van der Waals surface area contributed by atoms with E-state index in [2.05, 4.69) is 117 Å². The van der Waals surface area contributed by atoms with Crippen molar-refractivity contribution in [3.8, 4) is 21.1 Å². The van der Waals surface area contributed by atoms with E-state index in [-0.39, 0.29) is 14.5 Å². The molecule has 0 bridgehead atoms. The van der Waals surface area contributed by atoms with Gasteiger partial charge in [0.25, 0.3) is 0 Å². The summed E-state index contributed by atoms with van der Waals surface area (Å²) in [7, 11) is 12.6. The molecule has 0 radical (unpaired) electrons. The Morgan fingerprint density at radius 3 is 2.17 bits per heavy atom. The third kappa shape index (κ3) is 3.71. The van der Waals surface area contributed by atoms with Crippen LogP contribution in [0.3, 0.4) is 0 Å². The minimum atomic E-state index is 0.283. The summed E-state index contributed by atoms with van der Waals surface area (Å²) in [4.78, 5) is 4.36. The van der Waals surface area contributed by atoms with Gasteiger partial charge in [-0.2, -0.15) is 0 Å². The molecule has 3 nitrogen and oxygen atoms in total. The van der Waals surface area contributed by atoms with Crippen LogP contribution >= 0.6 is 0 Å². The van der Waals surface area contributed by atoms with E-state index in [9.17, 15) is 0 Å². The van der Waals surface area contributed by atoms with Gasteiger partial charge in [0.1, 0.15) is 0 Å². The molecule has 0 N–H and O–H groups in total. The van der Waals surface area contributed by atoms with Gasteiger partial charge in [0, 0.05) is 0 Å². The summed E-state index contributed by atoms with van der Waals surface area (Å²) in [6.07, 6.45) is 0. The number of anilines is 2. The molecular weight excluding hydrogens is 421 g/mol. The molecule has 2 aliphatic rings. The van der Waals surface area contributed by atoms with Gasteiger partial charge >= 0.3 is 179 Å². The number of hydrogen-bond donors (Lipinski definition) is 0. The molecule has 148 valence electrons. The molecular formula is C25H28N3Se+. The van der Waals surface area contributed by atoms with E-state index in [0.717, 1.165) is 0 Å². The molecule has 0 amide bonds. The van der Waals surface area contributed by atoms with Crippen LogP contribution < -0.4 is 19.7 Å².